The number of aromatic nitrogens is 2. The van der Waals surface area contributed by atoms with E-state index in [-0.39, 0.29) is 23.8 Å². The van der Waals surface area contributed by atoms with Crippen molar-refractivity contribution in [2.24, 2.45) is 5.92 Å². The minimum Gasteiger partial charge on any atom is -0.449 e. The molecule has 0 aliphatic heterocycles. The third-order valence-electron chi connectivity index (χ3n) is 4.62. The number of aromatic amines is 1. The smallest absolute Gasteiger partial charge is 0.411 e. The second-order valence-corrected chi connectivity index (χ2v) is 8.93. The predicted molar refractivity (Wildman–Crippen MR) is 123 cm³/mol. The highest BCUT2D eigenvalue weighted by Crippen LogP contribution is 2.25. The summed E-state index contributed by atoms with van der Waals surface area (Å²) in [7, 11) is 0. The van der Waals surface area contributed by atoms with Crippen LogP contribution < -0.4 is 16.2 Å². The average Bonchev–Trinajstić information content (AvgIpc) is 2.99. The summed E-state index contributed by atoms with van der Waals surface area (Å²) in [4.78, 5) is 45.5. The van der Waals surface area contributed by atoms with Crippen LogP contribution in [0.15, 0.2) is 29.1 Å². The fraction of sp³-hybridized carbons (Fsp3) is 0.364. The van der Waals surface area contributed by atoms with E-state index in [1.165, 1.54) is 11.3 Å². The van der Waals surface area contributed by atoms with Gasteiger partial charge in [-0.3, -0.25) is 14.9 Å². The molecule has 3 N–H and O–H groups in total. The van der Waals surface area contributed by atoms with Crippen LogP contribution in [0.1, 0.15) is 36.5 Å². The molecule has 0 spiro atoms. The number of ether oxygens (including phenoxy) is 1. The van der Waals surface area contributed by atoms with E-state index in [1.54, 1.807) is 24.3 Å². The van der Waals surface area contributed by atoms with Crippen LogP contribution in [0.4, 0.5) is 16.2 Å². The molecule has 2 heterocycles. The van der Waals surface area contributed by atoms with Crippen LogP contribution in [0.2, 0.25) is 0 Å². The number of hydrogen-bond acceptors (Lipinski definition) is 6. The van der Waals surface area contributed by atoms with E-state index in [1.807, 2.05) is 27.7 Å². The maximum absolute atomic E-state index is 12.4. The van der Waals surface area contributed by atoms with E-state index in [0.717, 1.165) is 10.4 Å². The molecule has 31 heavy (non-hydrogen) atoms. The van der Waals surface area contributed by atoms with Crippen molar-refractivity contribution in [2.75, 3.05) is 17.2 Å². The second-order valence-electron chi connectivity index (χ2n) is 7.72. The van der Waals surface area contributed by atoms with Crippen LogP contribution in [0.3, 0.4) is 0 Å². The second kappa shape index (κ2) is 9.74. The van der Waals surface area contributed by atoms with Gasteiger partial charge in [-0.05, 0) is 43.5 Å². The topological polar surface area (TPSA) is 113 Å². The van der Waals surface area contributed by atoms with Gasteiger partial charge in [-0.1, -0.05) is 19.9 Å². The lowest BCUT2D eigenvalue weighted by Crippen LogP contribution is -2.17. The molecule has 2 amide bonds. The van der Waals surface area contributed by atoms with E-state index in [9.17, 15) is 14.4 Å². The van der Waals surface area contributed by atoms with Crippen LogP contribution >= 0.6 is 11.3 Å². The fourth-order valence-electron chi connectivity index (χ4n) is 2.94. The monoisotopic (exact) mass is 442 g/mol. The van der Waals surface area contributed by atoms with Gasteiger partial charge in [0.25, 0.3) is 5.56 Å². The first kappa shape index (κ1) is 22.5. The van der Waals surface area contributed by atoms with Gasteiger partial charge < -0.3 is 15.0 Å². The Morgan fingerprint density at radius 2 is 1.90 bits per heavy atom. The van der Waals surface area contributed by atoms with Gasteiger partial charge in [-0.2, -0.15) is 0 Å². The zero-order valence-corrected chi connectivity index (χ0v) is 18.8. The fourth-order valence-corrected chi connectivity index (χ4v) is 3.99. The highest BCUT2D eigenvalue weighted by molar-refractivity contribution is 7.18. The summed E-state index contributed by atoms with van der Waals surface area (Å²) in [5.41, 5.74) is 1.84. The molecule has 0 aliphatic carbocycles. The van der Waals surface area contributed by atoms with Gasteiger partial charge in [-0.25, -0.2) is 9.78 Å². The van der Waals surface area contributed by atoms with Crippen LogP contribution in [-0.4, -0.2) is 28.6 Å². The van der Waals surface area contributed by atoms with Gasteiger partial charge in [0.15, 0.2) is 0 Å². The number of anilines is 2. The maximum Gasteiger partial charge on any atom is 0.411 e. The van der Waals surface area contributed by atoms with Gasteiger partial charge in [0, 0.05) is 29.1 Å². The average molecular weight is 443 g/mol. The van der Waals surface area contributed by atoms with Gasteiger partial charge in [0.1, 0.15) is 10.7 Å². The SMILES string of the molecule is Cc1sc2nc(CCC(=O)Nc3cccc(NC(=O)OCC(C)C)c3)[nH]c(=O)c2c1C. The molecule has 0 unspecified atom stereocenters. The van der Waals surface area contributed by atoms with Crippen molar-refractivity contribution in [1.82, 2.24) is 9.97 Å². The molecule has 164 valence electrons. The summed E-state index contributed by atoms with van der Waals surface area (Å²) < 4.78 is 5.09. The molecule has 8 nitrogen and oxygen atoms in total. The van der Waals surface area contributed by atoms with Crippen LogP contribution in [-0.2, 0) is 16.0 Å². The van der Waals surface area contributed by atoms with E-state index in [2.05, 4.69) is 20.6 Å². The van der Waals surface area contributed by atoms with Crippen molar-refractivity contribution in [2.45, 2.75) is 40.5 Å². The number of nitrogens with zero attached hydrogens (tertiary/aromatic N) is 1. The number of aryl methyl sites for hydroxylation is 3. The van der Waals surface area contributed by atoms with E-state index < -0.39 is 6.09 Å². The van der Waals surface area contributed by atoms with Crippen molar-refractivity contribution in [1.29, 1.82) is 0 Å². The number of fused-ring (bicyclic) bond motifs is 1. The Hall–Kier alpha value is -3.20. The molecule has 0 aliphatic rings. The normalized spacial score (nSPS) is 11.0. The number of benzene rings is 1. The van der Waals surface area contributed by atoms with E-state index in [0.29, 0.717) is 40.4 Å². The third kappa shape index (κ3) is 5.91. The van der Waals surface area contributed by atoms with Crippen molar-refractivity contribution in [3.8, 4) is 0 Å². The number of amides is 2. The number of hydrogen-bond donors (Lipinski definition) is 3. The summed E-state index contributed by atoms with van der Waals surface area (Å²) >= 11 is 1.48. The lowest BCUT2D eigenvalue weighted by atomic mass is 10.2. The van der Waals surface area contributed by atoms with Crippen LogP contribution in [0.25, 0.3) is 10.2 Å². The summed E-state index contributed by atoms with van der Waals surface area (Å²) in [6, 6.07) is 6.81. The largest absolute Gasteiger partial charge is 0.449 e. The quantitative estimate of drug-likeness (QED) is 0.503. The number of nitrogens with one attached hydrogen (secondary N) is 3. The van der Waals surface area contributed by atoms with Gasteiger partial charge in [0.2, 0.25) is 5.91 Å². The van der Waals surface area contributed by atoms with E-state index in [4.69, 9.17) is 4.74 Å². The Labute approximate surface area is 184 Å². The van der Waals surface area contributed by atoms with Crippen molar-refractivity contribution >= 4 is 44.9 Å². The molecule has 0 fully saturated rings. The molecule has 0 atom stereocenters. The van der Waals surface area contributed by atoms with Gasteiger partial charge in [-0.15, -0.1) is 11.3 Å². The van der Waals surface area contributed by atoms with E-state index >= 15 is 0 Å². The lowest BCUT2D eigenvalue weighted by molar-refractivity contribution is -0.116. The van der Waals surface area contributed by atoms with Crippen molar-refractivity contribution < 1.29 is 14.3 Å². The highest BCUT2D eigenvalue weighted by atomic mass is 32.1. The summed E-state index contributed by atoms with van der Waals surface area (Å²) in [5, 5.41) is 6.05. The first-order valence-electron chi connectivity index (χ1n) is 10.1. The van der Waals surface area contributed by atoms with Gasteiger partial charge >= 0.3 is 6.09 Å². The number of carbonyl (C=O) groups is 2. The summed E-state index contributed by atoms with van der Waals surface area (Å²) in [6.45, 7) is 8.10. The Morgan fingerprint density at radius 3 is 2.61 bits per heavy atom. The zero-order chi connectivity index (χ0) is 22.5. The molecule has 1 aromatic carbocycles. The molecule has 0 radical (unpaired) electrons. The minimum atomic E-state index is -0.540. The molecule has 0 saturated carbocycles. The lowest BCUT2D eigenvalue weighted by Gasteiger charge is -2.10. The molecule has 0 saturated heterocycles. The van der Waals surface area contributed by atoms with Crippen LogP contribution in [0.5, 0.6) is 0 Å². The highest BCUT2D eigenvalue weighted by Gasteiger charge is 2.13. The summed E-state index contributed by atoms with van der Waals surface area (Å²) in [5.74, 6) is 0.507. The molecule has 0 bridgehead atoms. The number of rotatable bonds is 7. The Bertz CT molecular complexity index is 1170. The zero-order valence-electron chi connectivity index (χ0n) is 18.0. The first-order chi connectivity index (χ1) is 14.7. The van der Waals surface area contributed by atoms with Gasteiger partial charge in [0.05, 0.1) is 12.0 Å². The number of thiophene rings is 1. The first-order valence-corrected chi connectivity index (χ1v) is 10.9. The molecular weight excluding hydrogens is 416 g/mol. The standard InChI is InChI=1S/C22H26N4O4S/c1-12(2)11-30-22(29)24-16-7-5-6-15(10-16)23-18(27)9-8-17-25-20(28)19-13(3)14(4)31-21(19)26-17/h5-7,10,12H,8-9,11H2,1-4H3,(H,23,27)(H,24,29)(H,25,26,28). The molecule has 3 rings (SSSR count). The minimum absolute atomic E-state index is 0.159. The maximum atomic E-state index is 12.4. The predicted octanol–water partition coefficient (Wildman–Crippen LogP) is 4.38. The number of H-pyrrole nitrogens is 1. The third-order valence-corrected chi connectivity index (χ3v) is 5.72. The molecule has 3 aromatic rings. The van der Waals surface area contributed by atoms with Crippen LogP contribution in [0, 0.1) is 19.8 Å². The Balaban J connectivity index is 1.58. The number of carbonyl (C=O) groups excluding carboxylic acids is 2. The molecular formula is C22H26N4O4S. The summed E-state index contributed by atoms with van der Waals surface area (Å²) in [6.07, 6.45) is -0.0696. The molecule has 9 heteroatoms. The van der Waals surface area contributed by atoms with Crippen molar-refractivity contribution in [3.05, 3.63) is 50.9 Å². The molecule has 2 aromatic heterocycles. The van der Waals surface area contributed by atoms with Crippen molar-refractivity contribution in [3.63, 3.8) is 0 Å². The Kier molecular flexibility index (Phi) is 7.06. The Morgan fingerprint density at radius 1 is 1.19 bits per heavy atom.